The van der Waals surface area contributed by atoms with Gasteiger partial charge in [-0.2, -0.15) is 0 Å². The van der Waals surface area contributed by atoms with E-state index in [2.05, 4.69) is 5.32 Å². The summed E-state index contributed by atoms with van der Waals surface area (Å²) in [5.74, 6) is -1.52. The topological polar surface area (TPSA) is 66.4 Å². The van der Waals surface area contributed by atoms with Crippen molar-refractivity contribution in [2.24, 2.45) is 23.7 Å². The van der Waals surface area contributed by atoms with Crippen molar-refractivity contribution in [2.45, 2.75) is 44.6 Å². The zero-order valence-electron chi connectivity index (χ0n) is 11.0. The van der Waals surface area contributed by atoms with Crippen LogP contribution in [0.1, 0.15) is 38.5 Å². The largest absolute Gasteiger partial charge is 0.481 e. The first-order chi connectivity index (χ1) is 9.16. The van der Waals surface area contributed by atoms with Gasteiger partial charge >= 0.3 is 5.97 Å². The maximum Gasteiger partial charge on any atom is 0.307 e. The molecule has 2 fully saturated rings. The fraction of sp³-hybridized carbons (Fsp3) is 0.733. The molecule has 3 aliphatic carbocycles. The Bertz CT molecular complexity index is 412. The molecule has 4 atom stereocenters. The normalized spacial score (nSPS) is 37.5. The van der Waals surface area contributed by atoms with E-state index < -0.39 is 11.9 Å². The van der Waals surface area contributed by atoms with Crippen molar-refractivity contribution in [3.8, 4) is 0 Å². The van der Waals surface area contributed by atoms with Crippen LogP contribution in [0.5, 0.6) is 0 Å². The average Bonchev–Trinajstić information content (AvgIpc) is 2.99. The average molecular weight is 263 g/mol. The molecule has 104 valence electrons. The van der Waals surface area contributed by atoms with Crippen LogP contribution in [0.2, 0.25) is 0 Å². The van der Waals surface area contributed by atoms with Crippen LogP contribution in [0.4, 0.5) is 0 Å². The maximum absolute atomic E-state index is 12.4. The molecule has 0 aliphatic heterocycles. The number of allylic oxidation sites excluding steroid dienone is 2. The summed E-state index contributed by atoms with van der Waals surface area (Å²) in [6.45, 7) is 0. The van der Waals surface area contributed by atoms with Gasteiger partial charge in [-0.3, -0.25) is 9.59 Å². The molecule has 3 aliphatic rings. The Morgan fingerprint density at radius 3 is 2.26 bits per heavy atom. The number of hydrogen-bond acceptors (Lipinski definition) is 2. The zero-order valence-corrected chi connectivity index (χ0v) is 11.0. The van der Waals surface area contributed by atoms with Crippen LogP contribution < -0.4 is 5.32 Å². The lowest BCUT2D eigenvalue weighted by molar-refractivity contribution is -0.148. The van der Waals surface area contributed by atoms with E-state index in [1.54, 1.807) is 0 Å². The molecule has 0 aromatic carbocycles. The second-order valence-electron chi connectivity index (χ2n) is 6.18. The first kappa shape index (κ1) is 12.7. The Morgan fingerprint density at radius 1 is 1.00 bits per heavy atom. The summed E-state index contributed by atoms with van der Waals surface area (Å²) in [6.07, 6.45) is 10.5. The van der Waals surface area contributed by atoms with Gasteiger partial charge in [-0.1, -0.05) is 31.4 Å². The van der Waals surface area contributed by atoms with Gasteiger partial charge in [-0.25, -0.2) is 0 Å². The molecule has 0 unspecified atom stereocenters. The first-order valence-corrected chi connectivity index (χ1v) is 7.38. The van der Waals surface area contributed by atoms with Gasteiger partial charge in [0, 0.05) is 6.04 Å². The Hall–Kier alpha value is -1.32. The van der Waals surface area contributed by atoms with E-state index in [-0.39, 0.29) is 29.7 Å². The van der Waals surface area contributed by atoms with Gasteiger partial charge in [0.05, 0.1) is 11.8 Å². The van der Waals surface area contributed by atoms with Crippen molar-refractivity contribution >= 4 is 11.9 Å². The van der Waals surface area contributed by atoms with E-state index >= 15 is 0 Å². The van der Waals surface area contributed by atoms with Gasteiger partial charge in [0.15, 0.2) is 0 Å². The van der Waals surface area contributed by atoms with Gasteiger partial charge in [0.25, 0.3) is 0 Å². The Morgan fingerprint density at radius 2 is 1.63 bits per heavy atom. The molecule has 0 aromatic heterocycles. The summed E-state index contributed by atoms with van der Waals surface area (Å²) in [5, 5.41) is 12.4. The Kier molecular flexibility index (Phi) is 3.33. The lowest BCUT2D eigenvalue weighted by Crippen LogP contribution is -2.45. The summed E-state index contributed by atoms with van der Waals surface area (Å²) in [5.41, 5.74) is 0. The molecule has 0 saturated heterocycles. The number of carboxylic acids is 1. The van der Waals surface area contributed by atoms with E-state index in [0.29, 0.717) is 0 Å². The third-order valence-corrected chi connectivity index (χ3v) is 5.00. The predicted octanol–water partition coefficient (Wildman–Crippen LogP) is 1.96. The van der Waals surface area contributed by atoms with E-state index in [0.717, 1.165) is 19.3 Å². The van der Waals surface area contributed by atoms with Crippen LogP contribution >= 0.6 is 0 Å². The van der Waals surface area contributed by atoms with Crippen LogP contribution in [-0.4, -0.2) is 23.0 Å². The molecule has 2 N–H and O–H groups in total. The highest BCUT2D eigenvalue weighted by Gasteiger charge is 2.51. The molecule has 19 heavy (non-hydrogen) atoms. The number of carbonyl (C=O) groups is 2. The van der Waals surface area contributed by atoms with Crippen molar-refractivity contribution in [2.75, 3.05) is 0 Å². The van der Waals surface area contributed by atoms with Crippen molar-refractivity contribution in [1.82, 2.24) is 5.32 Å². The number of rotatable bonds is 3. The van der Waals surface area contributed by atoms with Gasteiger partial charge < -0.3 is 10.4 Å². The predicted molar refractivity (Wildman–Crippen MR) is 70.4 cm³/mol. The van der Waals surface area contributed by atoms with Gasteiger partial charge in [-0.15, -0.1) is 0 Å². The lowest BCUT2D eigenvalue weighted by atomic mass is 9.82. The number of amides is 1. The molecule has 0 aromatic rings. The van der Waals surface area contributed by atoms with Gasteiger partial charge in [-0.05, 0) is 31.1 Å². The summed E-state index contributed by atoms with van der Waals surface area (Å²) in [4.78, 5) is 23.8. The molecule has 0 spiro atoms. The maximum atomic E-state index is 12.4. The zero-order chi connectivity index (χ0) is 13.4. The summed E-state index contributed by atoms with van der Waals surface area (Å²) < 4.78 is 0. The molecule has 1 amide bonds. The number of hydrogen-bond donors (Lipinski definition) is 2. The molecule has 2 saturated carbocycles. The standard InChI is InChI=1S/C15H21NO3/c17-14(16-11-4-2-1-3-5-11)12-9-6-7-10(8-9)13(12)15(18)19/h6-7,9-13H,1-5,8H2,(H,16,17)(H,18,19)/t9-,10+,12-,13+/m1/s1. The number of carboxylic acid groups (broad SMARTS) is 1. The molecule has 2 bridgehead atoms. The second kappa shape index (κ2) is 4.99. The van der Waals surface area contributed by atoms with Crippen molar-refractivity contribution in [3.05, 3.63) is 12.2 Å². The minimum Gasteiger partial charge on any atom is -0.481 e. The van der Waals surface area contributed by atoms with E-state index in [1.165, 1.54) is 19.3 Å². The minimum atomic E-state index is -0.819. The van der Waals surface area contributed by atoms with Crippen LogP contribution in [-0.2, 0) is 9.59 Å². The van der Waals surface area contributed by atoms with Crippen molar-refractivity contribution in [1.29, 1.82) is 0 Å². The van der Waals surface area contributed by atoms with E-state index in [4.69, 9.17) is 0 Å². The highest BCUT2D eigenvalue weighted by Crippen LogP contribution is 2.48. The SMILES string of the molecule is O=C(O)[C@@H]1[C@H](C(=O)NC2CCCCC2)[C@@H]2C=C[C@H]1C2. The minimum absolute atomic E-state index is 0.0313. The smallest absolute Gasteiger partial charge is 0.307 e. The Labute approximate surface area is 113 Å². The van der Waals surface area contributed by atoms with Crippen LogP contribution in [0.25, 0.3) is 0 Å². The quantitative estimate of drug-likeness (QED) is 0.765. The molecule has 0 heterocycles. The van der Waals surface area contributed by atoms with Crippen LogP contribution in [0.3, 0.4) is 0 Å². The number of aliphatic carboxylic acids is 1. The summed E-state index contributed by atoms with van der Waals surface area (Å²) in [6, 6.07) is 0.263. The third-order valence-electron chi connectivity index (χ3n) is 5.00. The Balaban J connectivity index is 1.68. The highest BCUT2D eigenvalue weighted by molar-refractivity contribution is 5.87. The summed E-state index contributed by atoms with van der Waals surface area (Å²) in [7, 11) is 0. The molecular weight excluding hydrogens is 242 g/mol. The fourth-order valence-corrected chi connectivity index (χ4v) is 4.06. The molecule has 4 heteroatoms. The third kappa shape index (κ3) is 2.28. The number of carbonyl (C=O) groups excluding carboxylic acids is 1. The lowest BCUT2D eigenvalue weighted by Gasteiger charge is -2.28. The monoisotopic (exact) mass is 263 g/mol. The summed E-state index contributed by atoms with van der Waals surface area (Å²) >= 11 is 0. The van der Waals surface area contributed by atoms with Crippen LogP contribution in [0, 0.1) is 23.7 Å². The van der Waals surface area contributed by atoms with Gasteiger partial charge in [0.2, 0.25) is 5.91 Å². The van der Waals surface area contributed by atoms with E-state index in [9.17, 15) is 14.7 Å². The molecule has 4 nitrogen and oxygen atoms in total. The van der Waals surface area contributed by atoms with Crippen molar-refractivity contribution < 1.29 is 14.7 Å². The number of nitrogens with one attached hydrogen (secondary N) is 1. The fourth-order valence-electron chi connectivity index (χ4n) is 4.06. The van der Waals surface area contributed by atoms with Gasteiger partial charge in [0.1, 0.15) is 0 Å². The first-order valence-electron chi connectivity index (χ1n) is 7.38. The number of fused-ring (bicyclic) bond motifs is 2. The highest BCUT2D eigenvalue weighted by atomic mass is 16.4. The van der Waals surface area contributed by atoms with Crippen LogP contribution in [0.15, 0.2) is 12.2 Å². The molecule has 0 radical (unpaired) electrons. The van der Waals surface area contributed by atoms with Crippen molar-refractivity contribution in [3.63, 3.8) is 0 Å². The molecular formula is C15H21NO3. The van der Waals surface area contributed by atoms with E-state index in [1.807, 2.05) is 12.2 Å². The molecule has 3 rings (SSSR count). The second-order valence-corrected chi connectivity index (χ2v) is 6.18.